The summed E-state index contributed by atoms with van der Waals surface area (Å²) < 4.78 is 0. The zero-order valence-corrected chi connectivity index (χ0v) is 21.5. The molecular weight excluding hydrogens is 458 g/mol. The van der Waals surface area contributed by atoms with Gasteiger partial charge in [0.05, 0.1) is 0 Å². The molecule has 0 aliphatic carbocycles. The predicted octanol–water partition coefficient (Wildman–Crippen LogP) is 10.5. The Morgan fingerprint density at radius 1 is 0.316 bits per heavy atom. The number of benzene rings is 6. The SMILES string of the molecule is Cc1ccc(-c2ccc(N(c3ccccc3)c3cccc(-c4cccc(-c5ccccc5)c4)c3)cc2)cc1. The van der Waals surface area contributed by atoms with E-state index >= 15 is 0 Å². The number of aryl methyl sites for hydroxylation is 1. The summed E-state index contributed by atoms with van der Waals surface area (Å²) in [6, 6.07) is 56.3. The molecule has 0 spiro atoms. The Balaban J connectivity index is 1.39. The fourth-order valence-electron chi connectivity index (χ4n) is 4.91. The summed E-state index contributed by atoms with van der Waals surface area (Å²) in [5, 5.41) is 0. The van der Waals surface area contributed by atoms with Crippen LogP contribution in [0.1, 0.15) is 5.56 Å². The molecular formula is C37H29N. The maximum absolute atomic E-state index is 2.32. The van der Waals surface area contributed by atoms with Crippen molar-refractivity contribution in [2.75, 3.05) is 4.90 Å². The van der Waals surface area contributed by atoms with E-state index in [2.05, 4.69) is 170 Å². The van der Waals surface area contributed by atoms with Gasteiger partial charge in [0.15, 0.2) is 0 Å². The van der Waals surface area contributed by atoms with Crippen molar-refractivity contribution in [3.63, 3.8) is 0 Å². The summed E-state index contributed by atoms with van der Waals surface area (Å²) in [6.07, 6.45) is 0. The molecule has 1 heteroatoms. The van der Waals surface area contributed by atoms with Crippen LogP contribution in [-0.4, -0.2) is 0 Å². The van der Waals surface area contributed by atoms with Gasteiger partial charge < -0.3 is 4.90 Å². The third kappa shape index (κ3) is 5.00. The van der Waals surface area contributed by atoms with Gasteiger partial charge in [-0.15, -0.1) is 0 Å². The molecule has 1 nitrogen and oxygen atoms in total. The number of anilines is 3. The number of rotatable bonds is 6. The van der Waals surface area contributed by atoms with Gasteiger partial charge >= 0.3 is 0 Å². The van der Waals surface area contributed by atoms with Crippen LogP contribution in [0, 0.1) is 6.92 Å². The number of hydrogen-bond donors (Lipinski definition) is 0. The molecule has 0 heterocycles. The van der Waals surface area contributed by atoms with E-state index in [0.717, 1.165) is 17.1 Å². The van der Waals surface area contributed by atoms with Crippen LogP contribution in [0.3, 0.4) is 0 Å². The predicted molar refractivity (Wildman–Crippen MR) is 162 cm³/mol. The molecule has 38 heavy (non-hydrogen) atoms. The van der Waals surface area contributed by atoms with Crippen molar-refractivity contribution in [3.05, 3.63) is 163 Å². The molecule has 6 aromatic carbocycles. The van der Waals surface area contributed by atoms with Gasteiger partial charge in [-0.3, -0.25) is 0 Å². The van der Waals surface area contributed by atoms with E-state index in [0.29, 0.717) is 0 Å². The zero-order chi connectivity index (χ0) is 25.7. The zero-order valence-electron chi connectivity index (χ0n) is 21.5. The van der Waals surface area contributed by atoms with Crippen molar-refractivity contribution in [2.45, 2.75) is 6.92 Å². The van der Waals surface area contributed by atoms with E-state index in [9.17, 15) is 0 Å². The van der Waals surface area contributed by atoms with E-state index in [-0.39, 0.29) is 0 Å². The highest BCUT2D eigenvalue weighted by Gasteiger charge is 2.14. The Morgan fingerprint density at radius 3 is 1.39 bits per heavy atom. The monoisotopic (exact) mass is 487 g/mol. The Morgan fingerprint density at radius 2 is 0.737 bits per heavy atom. The molecule has 0 fully saturated rings. The molecule has 0 radical (unpaired) electrons. The minimum Gasteiger partial charge on any atom is -0.310 e. The Bertz CT molecular complexity index is 1630. The molecule has 6 rings (SSSR count). The molecule has 0 atom stereocenters. The minimum atomic E-state index is 1.13. The van der Waals surface area contributed by atoms with Gasteiger partial charge in [-0.2, -0.15) is 0 Å². The normalized spacial score (nSPS) is 10.8. The van der Waals surface area contributed by atoms with Crippen LogP contribution < -0.4 is 4.90 Å². The maximum Gasteiger partial charge on any atom is 0.0467 e. The van der Waals surface area contributed by atoms with Crippen molar-refractivity contribution in [1.82, 2.24) is 0 Å². The fraction of sp³-hybridized carbons (Fsp3) is 0.0270. The molecule has 0 aliphatic heterocycles. The number of para-hydroxylation sites is 1. The van der Waals surface area contributed by atoms with Gasteiger partial charge in [-0.1, -0.05) is 121 Å². The van der Waals surface area contributed by atoms with Crippen LogP contribution in [0.2, 0.25) is 0 Å². The first-order chi connectivity index (χ1) is 18.7. The smallest absolute Gasteiger partial charge is 0.0467 e. The average Bonchev–Trinajstić information content (AvgIpc) is 2.99. The standard InChI is InChI=1S/C37H29N/c1-28-18-20-30(21-19-28)31-22-24-36(25-23-31)38(35-15-6-3-7-16-35)37-17-9-14-34(27-37)33-13-8-12-32(26-33)29-10-4-2-5-11-29/h2-27H,1H3. The summed E-state index contributed by atoms with van der Waals surface area (Å²) in [4.78, 5) is 2.32. The van der Waals surface area contributed by atoms with Crippen molar-refractivity contribution >= 4 is 17.1 Å². The lowest BCUT2D eigenvalue weighted by atomic mass is 9.98. The van der Waals surface area contributed by atoms with Crippen LogP contribution in [0.25, 0.3) is 33.4 Å². The minimum absolute atomic E-state index is 1.13. The highest BCUT2D eigenvalue weighted by atomic mass is 15.1. The molecule has 0 aromatic heterocycles. The van der Waals surface area contributed by atoms with Gasteiger partial charge in [0.1, 0.15) is 0 Å². The van der Waals surface area contributed by atoms with Gasteiger partial charge in [0.25, 0.3) is 0 Å². The van der Waals surface area contributed by atoms with Crippen molar-refractivity contribution in [3.8, 4) is 33.4 Å². The van der Waals surface area contributed by atoms with Crippen molar-refractivity contribution < 1.29 is 0 Å². The Kier molecular flexibility index (Phi) is 6.57. The molecule has 0 saturated carbocycles. The highest BCUT2D eigenvalue weighted by molar-refractivity contribution is 5.82. The summed E-state index contributed by atoms with van der Waals surface area (Å²) in [5.74, 6) is 0. The van der Waals surface area contributed by atoms with Crippen molar-refractivity contribution in [1.29, 1.82) is 0 Å². The molecule has 0 amide bonds. The van der Waals surface area contributed by atoms with E-state index in [1.54, 1.807) is 0 Å². The summed E-state index contributed by atoms with van der Waals surface area (Å²) in [7, 11) is 0. The Hall–Kier alpha value is -4.88. The molecule has 0 aliphatic rings. The average molecular weight is 488 g/mol. The molecule has 0 bridgehead atoms. The molecule has 0 saturated heterocycles. The van der Waals surface area contributed by atoms with Gasteiger partial charge in [0, 0.05) is 17.1 Å². The first kappa shape index (κ1) is 23.5. The summed E-state index contributed by atoms with van der Waals surface area (Å²) in [5.41, 5.74) is 11.9. The second-order valence-electron chi connectivity index (χ2n) is 9.58. The van der Waals surface area contributed by atoms with Crippen LogP contribution in [0.15, 0.2) is 158 Å². The van der Waals surface area contributed by atoms with Gasteiger partial charge in [-0.25, -0.2) is 0 Å². The van der Waals surface area contributed by atoms with Crippen LogP contribution in [-0.2, 0) is 0 Å². The summed E-state index contributed by atoms with van der Waals surface area (Å²) >= 11 is 0. The third-order valence-electron chi connectivity index (χ3n) is 6.93. The van der Waals surface area contributed by atoms with Gasteiger partial charge in [-0.05, 0) is 82.8 Å². The highest BCUT2D eigenvalue weighted by Crippen LogP contribution is 2.37. The molecule has 0 unspecified atom stereocenters. The molecule has 6 aromatic rings. The number of hydrogen-bond acceptors (Lipinski definition) is 1. The van der Waals surface area contributed by atoms with Crippen LogP contribution in [0.4, 0.5) is 17.1 Å². The lowest BCUT2D eigenvalue weighted by molar-refractivity contribution is 1.28. The summed E-state index contributed by atoms with van der Waals surface area (Å²) in [6.45, 7) is 2.12. The maximum atomic E-state index is 2.32. The van der Waals surface area contributed by atoms with E-state index < -0.39 is 0 Å². The lowest BCUT2D eigenvalue weighted by Gasteiger charge is -2.26. The lowest BCUT2D eigenvalue weighted by Crippen LogP contribution is -2.09. The quantitative estimate of drug-likeness (QED) is 0.226. The largest absolute Gasteiger partial charge is 0.310 e. The fourth-order valence-corrected chi connectivity index (χ4v) is 4.91. The van der Waals surface area contributed by atoms with E-state index in [1.807, 2.05) is 0 Å². The second kappa shape index (κ2) is 10.6. The first-order valence-electron chi connectivity index (χ1n) is 13.0. The Labute approximate surface area is 225 Å². The second-order valence-corrected chi connectivity index (χ2v) is 9.58. The van der Waals surface area contributed by atoms with Crippen LogP contribution in [0.5, 0.6) is 0 Å². The van der Waals surface area contributed by atoms with Gasteiger partial charge in [0.2, 0.25) is 0 Å². The first-order valence-corrected chi connectivity index (χ1v) is 13.0. The molecule has 182 valence electrons. The third-order valence-corrected chi connectivity index (χ3v) is 6.93. The molecule has 0 N–H and O–H groups in total. The topological polar surface area (TPSA) is 3.24 Å². The number of nitrogens with zero attached hydrogens (tertiary/aromatic N) is 1. The van der Waals surface area contributed by atoms with E-state index in [4.69, 9.17) is 0 Å². The van der Waals surface area contributed by atoms with E-state index in [1.165, 1.54) is 38.9 Å². The van der Waals surface area contributed by atoms with Crippen LogP contribution >= 0.6 is 0 Å². The van der Waals surface area contributed by atoms with Crippen molar-refractivity contribution in [2.24, 2.45) is 0 Å².